The second kappa shape index (κ2) is 5.69. The third kappa shape index (κ3) is 3.43. The monoisotopic (exact) mass is 261 g/mol. The van der Waals surface area contributed by atoms with E-state index in [2.05, 4.69) is 20.6 Å². The highest BCUT2D eigenvalue weighted by molar-refractivity contribution is 5.92. The summed E-state index contributed by atoms with van der Waals surface area (Å²) >= 11 is 0. The first-order chi connectivity index (χ1) is 9.06. The van der Waals surface area contributed by atoms with Crippen LogP contribution in [-0.2, 0) is 6.54 Å². The molecule has 6 heteroatoms. The number of carbonyl (C=O) groups excluding carboxylic acids is 1. The van der Waals surface area contributed by atoms with Gasteiger partial charge in [0.05, 0.1) is 5.69 Å². The van der Waals surface area contributed by atoms with Gasteiger partial charge in [0, 0.05) is 24.5 Å². The average molecular weight is 261 g/mol. The number of carbonyl (C=O) groups is 1. The van der Waals surface area contributed by atoms with E-state index in [0.29, 0.717) is 12.2 Å². The quantitative estimate of drug-likeness (QED) is 0.798. The van der Waals surface area contributed by atoms with Crippen LogP contribution in [0.25, 0.3) is 0 Å². The Morgan fingerprint density at radius 3 is 2.74 bits per heavy atom. The first kappa shape index (κ1) is 13.3. The molecule has 0 bridgehead atoms. The van der Waals surface area contributed by atoms with Gasteiger partial charge in [-0.15, -0.1) is 0 Å². The standard InChI is InChI=1S/C13H19N5O/c1-9-8-12(16-15-9)13(19)14-5-4-6-18-11(3)7-10(2)17-18/h7-8H,4-6H2,1-3H3,(H,14,19)(H,15,16). The van der Waals surface area contributed by atoms with Crippen molar-refractivity contribution in [2.75, 3.05) is 6.54 Å². The number of rotatable bonds is 5. The van der Waals surface area contributed by atoms with Crippen LogP contribution in [0.1, 0.15) is 34.0 Å². The molecule has 2 aromatic heterocycles. The van der Waals surface area contributed by atoms with Crippen LogP contribution in [0.4, 0.5) is 0 Å². The largest absolute Gasteiger partial charge is 0.351 e. The maximum atomic E-state index is 11.7. The van der Waals surface area contributed by atoms with E-state index in [1.807, 2.05) is 31.5 Å². The third-order valence-corrected chi connectivity index (χ3v) is 2.87. The van der Waals surface area contributed by atoms with Gasteiger partial charge in [-0.2, -0.15) is 10.2 Å². The molecule has 0 aromatic carbocycles. The molecule has 0 atom stereocenters. The molecule has 0 unspecified atom stereocenters. The molecule has 19 heavy (non-hydrogen) atoms. The number of nitrogens with zero attached hydrogens (tertiary/aromatic N) is 3. The predicted molar refractivity (Wildman–Crippen MR) is 72.0 cm³/mol. The van der Waals surface area contributed by atoms with Gasteiger partial charge in [0.15, 0.2) is 0 Å². The Bertz CT molecular complexity index is 569. The molecule has 0 saturated carbocycles. The number of H-pyrrole nitrogens is 1. The topological polar surface area (TPSA) is 75.6 Å². The molecule has 2 aromatic rings. The normalized spacial score (nSPS) is 10.7. The van der Waals surface area contributed by atoms with Crippen LogP contribution in [0.5, 0.6) is 0 Å². The smallest absolute Gasteiger partial charge is 0.271 e. The van der Waals surface area contributed by atoms with Crippen molar-refractivity contribution in [1.29, 1.82) is 0 Å². The molecular weight excluding hydrogens is 242 g/mol. The van der Waals surface area contributed by atoms with Gasteiger partial charge >= 0.3 is 0 Å². The number of amides is 1. The Hall–Kier alpha value is -2.11. The molecule has 2 rings (SSSR count). The van der Waals surface area contributed by atoms with Crippen LogP contribution >= 0.6 is 0 Å². The van der Waals surface area contributed by atoms with E-state index in [9.17, 15) is 4.79 Å². The van der Waals surface area contributed by atoms with Crippen molar-refractivity contribution in [3.63, 3.8) is 0 Å². The van der Waals surface area contributed by atoms with Crippen molar-refractivity contribution in [2.24, 2.45) is 0 Å². The Morgan fingerprint density at radius 1 is 1.37 bits per heavy atom. The lowest BCUT2D eigenvalue weighted by molar-refractivity contribution is 0.0947. The summed E-state index contributed by atoms with van der Waals surface area (Å²) in [7, 11) is 0. The minimum absolute atomic E-state index is 0.141. The van der Waals surface area contributed by atoms with Crippen molar-refractivity contribution in [3.8, 4) is 0 Å². The number of hydrogen-bond acceptors (Lipinski definition) is 3. The summed E-state index contributed by atoms with van der Waals surface area (Å²) in [6.45, 7) is 7.30. The summed E-state index contributed by atoms with van der Waals surface area (Å²) in [5.41, 5.74) is 3.48. The van der Waals surface area contributed by atoms with Gasteiger partial charge in [-0.3, -0.25) is 14.6 Å². The molecule has 102 valence electrons. The summed E-state index contributed by atoms with van der Waals surface area (Å²) in [6.07, 6.45) is 0.844. The van der Waals surface area contributed by atoms with Crippen LogP contribution in [0, 0.1) is 20.8 Å². The number of hydrogen-bond donors (Lipinski definition) is 2. The van der Waals surface area contributed by atoms with Gasteiger partial charge in [-0.05, 0) is 39.3 Å². The first-order valence-electron chi connectivity index (χ1n) is 6.37. The summed E-state index contributed by atoms with van der Waals surface area (Å²) in [4.78, 5) is 11.7. The Labute approximate surface area is 112 Å². The SMILES string of the molecule is Cc1cc(C)n(CCCNC(=O)c2cc(C)[nH]n2)n1. The van der Waals surface area contributed by atoms with E-state index in [4.69, 9.17) is 0 Å². The lowest BCUT2D eigenvalue weighted by atomic mass is 10.3. The Morgan fingerprint density at radius 2 is 2.16 bits per heavy atom. The lowest BCUT2D eigenvalue weighted by Crippen LogP contribution is -2.25. The molecule has 0 radical (unpaired) electrons. The van der Waals surface area contributed by atoms with Crippen molar-refractivity contribution in [2.45, 2.75) is 33.7 Å². The van der Waals surface area contributed by atoms with E-state index in [1.165, 1.54) is 0 Å². The minimum atomic E-state index is -0.141. The second-order valence-corrected chi connectivity index (χ2v) is 4.70. The fourth-order valence-corrected chi connectivity index (χ4v) is 1.96. The Kier molecular flexibility index (Phi) is 3.99. The molecule has 6 nitrogen and oxygen atoms in total. The zero-order valence-electron chi connectivity index (χ0n) is 11.5. The Balaban J connectivity index is 1.75. The fourth-order valence-electron chi connectivity index (χ4n) is 1.96. The number of nitrogens with one attached hydrogen (secondary N) is 2. The van der Waals surface area contributed by atoms with Crippen LogP contribution in [-0.4, -0.2) is 32.4 Å². The fraction of sp³-hybridized carbons (Fsp3) is 0.462. The number of aryl methyl sites for hydroxylation is 4. The first-order valence-corrected chi connectivity index (χ1v) is 6.37. The molecule has 1 amide bonds. The molecular formula is C13H19N5O. The highest BCUT2D eigenvalue weighted by Crippen LogP contribution is 2.02. The predicted octanol–water partition coefficient (Wildman–Crippen LogP) is 1.35. The molecule has 0 saturated heterocycles. The summed E-state index contributed by atoms with van der Waals surface area (Å²) in [5.74, 6) is -0.141. The maximum absolute atomic E-state index is 11.7. The van der Waals surface area contributed by atoms with Crippen molar-refractivity contribution < 1.29 is 4.79 Å². The molecule has 2 N–H and O–H groups in total. The van der Waals surface area contributed by atoms with Crippen molar-refractivity contribution in [3.05, 3.63) is 34.9 Å². The van der Waals surface area contributed by atoms with Gasteiger partial charge < -0.3 is 5.32 Å². The van der Waals surface area contributed by atoms with Crippen LogP contribution < -0.4 is 5.32 Å². The zero-order valence-corrected chi connectivity index (χ0v) is 11.5. The number of aromatic nitrogens is 4. The van der Waals surface area contributed by atoms with Crippen molar-refractivity contribution >= 4 is 5.91 Å². The van der Waals surface area contributed by atoms with E-state index in [-0.39, 0.29) is 5.91 Å². The van der Waals surface area contributed by atoms with Gasteiger partial charge in [-0.1, -0.05) is 0 Å². The molecule has 0 fully saturated rings. The molecule has 2 heterocycles. The van der Waals surface area contributed by atoms with E-state index >= 15 is 0 Å². The molecule has 0 aliphatic heterocycles. The molecule has 0 spiro atoms. The van der Waals surface area contributed by atoms with E-state index in [1.54, 1.807) is 6.07 Å². The van der Waals surface area contributed by atoms with E-state index < -0.39 is 0 Å². The van der Waals surface area contributed by atoms with Crippen molar-refractivity contribution in [1.82, 2.24) is 25.3 Å². The van der Waals surface area contributed by atoms with Crippen LogP contribution in [0.2, 0.25) is 0 Å². The zero-order chi connectivity index (χ0) is 13.8. The summed E-state index contributed by atoms with van der Waals surface area (Å²) in [5, 5.41) is 13.9. The highest BCUT2D eigenvalue weighted by Gasteiger charge is 2.08. The summed E-state index contributed by atoms with van der Waals surface area (Å²) in [6, 6.07) is 3.78. The highest BCUT2D eigenvalue weighted by atomic mass is 16.1. The van der Waals surface area contributed by atoms with Gasteiger partial charge in [0.2, 0.25) is 0 Å². The second-order valence-electron chi connectivity index (χ2n) is 4.70. The van der Waals surface area contributed by atoms with Crippen LogP contribution in [0.15, 0.2) is 12.1 Å². The maximum Gasteiger partial charge on any atom is 0.271 e. The van der Waals surface area contributed by atoms with E-state index in [0.717, 1.165) is 30.0 Å². The lowest BCUT2D eigenvalue weighted by Gasteiger charge is -2.05. The van der Waals surface area contributed by atoms with Gasteiger partial charge in [0.25, 0.3) is 5.91 Å². The van der Waals surface area contributed by atoms with Gasteiger partial charge in [-0.25, -0.2) is 0 Å². The average Bonchev–Trinajstić information content (AvgIpc) is 2.91. The third-order valence-electron chi connectivity index (χ3n) is 2.87. The van der Waals surface area contributed by atoms with Gasteiger partial charge in [0.1, 0.15) is 5.69 Å². The van der Waals surface area contributed by atoms with Crippen LogP contribution in [0.3, 0.4) is 0 Å². The number of aromatic amines is 1. The molecule has 0 aliphatic carbocycles. The summed E-state index contributed by atoms with van der Waals surface area (Å²) < 4.78 is 1.96. The minimum Gasteiger partial charge on any atom is -0.351 e. The molecule has 0 aliphatic rings.